The molecule has 12 heteroatoms. The van der Waals surface area contributed by atoms with Crippen LogP contribution >= 0.6 is 43.2 Å². The van der Waals surface area contributed by atoms with Gasteiger partial charge in [-0.2, -0.15) is 0 Å². The molecule has 0 rings (SSSR count). The molecule has 0 saturated heterocycles. The van der Waals surface area contributed by atoms with Gasteiger partial charge in [-0.25, -0.2) is 8.42 Å². The van der Waals surface area contributed by atoms with Crippen molar-refractivity contribution in [3.8, 4) is 0 Å². The fourth-order valence-electron chi connectivity index (χ4n) is 1.13. The smallest absolute Gasteiger partial charge is 0.152 e. The molecule has 0 spiro atoms. The summed E-state index contributed by atoms with van der Waals surface area (Å²) in [5.74, 6) is 4.03. The van der Waals surface area contributed by atoms with E-state index in [0.717, 1.165) is 23.0 Å². The quantitative estimate of drug-likeness (QED) is 0.174. The molecule has 0 aliphatic rings. The van der Waals surface area contributed by atoms with Gasteiger partial charge < -0.3 is 20.6 Å². The zero-order valence-corrected chi connectivity index (χ0v) is 17.0. The monoisotopic (exact) mass is 428 g/mol. The summed E-state index contributed by atoms with van der Waals surface area (Å²) in [4.78, 5) is 0. The molecular weight excluding hydrogens is 405 g/mol. The molecule has 4 atom stereocenters. The Balaban J connectivity index is 3.29. The van der Waals surface area contributed by atoms with Crippen LogP contribution in [0.15, 0.2) is 0 Å². The third-order valence-corrected chi connectivity index (χ3v) is 8.76. The lowest BCUT2D eigenvalue weighted by Crippen LogP contribution is -2.24. The molecule has 0 aromatic heterocycles. The maximum atomic E-state index is 10.5. The summed E-state index contributed by atoms with van der Waals surface area (Å²) in [6.45, 7) is 0. The Morgan fingerprint density at radius 3 is 1.45 bits per heavy atom. The van der Waals surface area contributed by atoms with E-state index in [0.29, 0.717) is 12.8 Å². The van der Waals surface area contributed by atoms with Crippen LogP contribution < -0.4 is 11.5 Å². The van der Waals surface area contributed by atoms with Gasteiger partial charge in [0.05, 0.1) is 11.5 Å². The molecule has 0 amide bonds. The molecule has 0 bridgehead atoms. The van der Waals surface area contributed by atoms with Crippen molar-refractivity contribution in [1.29, 1.82) is 0 Å². The van der Waals surface area contributed by atoms with Crippen LogP contribution in [-0.4, -0.2) is 64.1 Å². The predicted molar refractivity (Wildman–Crippen MR) is 106 cm³/mol. The normalized spacial score (nSPS) is 17.1. The van der Waals surface area contributed by atoms with Crippen molar-refractivity contribution >= 4 is 65.3 Å². The molecule has 22 heavy (non-hydrogen) atoms. The van der Waals surface area contributed by atoms with Gasteiger partial charge in [0.1, 0.15) is 0 Å². The fourth-order valence-corrected chi connectivity index (χ4v) is 7.35. The first kappa shape index (κ1) is 23.5. The van der Waals surface area contributed by atoms with Gasteiger partial charge in [0, 0.05) is 35.1 Å². The van der Waals surface area contributed by atoms with Gasteiger partial charge >= 0.3 is 0 Å². The largest absolute Gasteiger partial charge is 0.327 e. The molecular formula is C10H24N2O4S6. The van der Waals surface area contributed by atoms with Gasteiger partial charge in [0.25, 0.3) is 0 Å². The summed E-state index contributed by atoms with van der Waals surface area (Å²) in [6, 6.07) is -0.0728. The number of hydrogen-bond donors (Lipinski definition) is 4. The van der Waals surface area contributed by atoms with Crippen LogP contribution in [0, 0.1) is 0 Å². The molecule has 0 fully saturated rings. The van der Waals surface area contributed by atoms with Gasteiger partial charge in [-0.3, -0.25) is 0 Å². The minimum absolute atomic E-state index is 0.0364. The van der Waals surface area contributed by atoms with E-state index in [1.54, 1.807) is 43.2 Å². The average Bonchev–Trinajstić information content (AvgIpc) is 2.45. The molecule has 6 N–H and O–H groups in total. The Morgan fingerprint density at radius 1 is 0.773 bits per heavy atom. The predicted octanol–water partition coefficient (Wildman–Crippen LogP) is 1.63. The molecule has 0 aliphatic carbocycles. The van der Waals surface area contributed by atoms with Gasteiger partial charge in [-0.15, -0.1) is 0 Å². The molecule has 0 aromatic carbocycles. The van der Waals surface area contributed by atoms with Crippen molar-refractivity contribution in [1.82, 2.24) is 0 Å². The van der Waals surface area contributed by atoms with Crippen molar-refractivity contribution in [2.24, 2.45) is 11.5 Å². The van der Waals surface area contributed by atoms with Crippen molar-refractivity contribution in [2.45, 2.75) is 24.9 Å². The van der Waals surface area contributed by atoms with E-state index in [1.807, 2.05) is 0 Å². The first-order chi connectivity index (χ1) is 10.4. The van der Waals surface area contributed by atoms with Crippen LogP contribution in [0.1, 0.15) is 12.8 Å². The Labute approximate surface area is 153 Å². The number of nitrogens with two attached hydrogens (primary N) is 2. The summed E-state index contributed by atoms with van der Waals surface area (Å²) < 4.78 is 38.3. The van der Waals surface area contributed by atoms with E-state index in [4.69, 9.17) is 20.6 Å². The van der Waals surface area contributed by atoms with E-state index in [2.05, 4.69) is 0 Å². The van der Waals surface area contributed by atoms with E-state index < -0.39 is 22.2 Å². The highest BCUT2D eigenvalue weighted by Gasteiger charge is 2.06. The van der Waals surface area contributed by atoms with Gasteiger partial charge in [0.15, 0.2) is 22.2 Å². The minimum atomic E-state index is -1.75. The van der Waals surface area contributed by atoms with Crippen molar-refractivity contribution < 1.29 is 17.5 Å². The van der Waals surface area contributed by atoms with E-state index in [9.17, 15) is 8.42 Å². The maximum Gasteiger partial charge on any atom is 0.152 e. The minimum Gasteiger partial charge on any atom is -0.327 e. The van der Waals surface area contributed by atoms with Crippen LogP contribution in [-0.2, 0) is 22.2 Å². The van der Waals surface area contributed by atoms with Crippen LogP contribution in [0.3, 0.4) is 0 Å². The molecule has 6 nitrogen and oxygen atoms in total. The highest BCUT2D eigenvalue weighted by Crippen LogP contribution is 2.27. The van der Waals surface area contributed by atoms with Crippen LogP contribution in [0.4, 0.5) is 0 Å². The van der Waals surface area contributed by atoms with Crippen molar-refractivity contribution in [2.75, 3.05) is 34.5 Å². The average molecular weight is 429 g/mol. The number of hydrogen-bond acceptors (Lipinski definition) is 8. The molecule has 0 heterocycles. The number of rotatable bonds is 15. The molecule has 0 aromatic rings. The first-order valence-electron chi connectivity index (χ1n) is 6.56. The summed E-state index contributed by atoms with van der Waals surface area (Å²) in [7, 11) is 6.88. The van der Waals surface area contributed by atoms with Crippen LogP contribution in [0.2, 0.25) is 0 Å². The first-order valence-corrected chi connectivity index (χ1v) is 14.1. The summed E-state index contributed by atoms with van der Waals surface area (Å²) in [5, 5.41) is 0. The zero-order chi connectivity index (χ0) is 16.8. The Morgan fingerprint density at radius 2 is 1.14 bits per heavy atom. The second-order valence-corrected chi connectivity index (χ2v) is 11.7. The summed E-state index contributed by atoms with van der Waals surface area (Å²) >= 11 is -3.50. The lowest BCUT2D eigenvalue weighted by atomic mass is 10.3. The zero-order valence-electron chi connectivity index (χ0n) is 12.1. The highest BCUT2D eigenvalue weighted by atomic mass is 33.1. The molecule has 0 aliphatic heterocycles. The van der Waals surface area contributed by atoms with E-state index in [-0.39, 0.29) is 23.6 Å². The highest BCUT2D eigenvalue weighted by molar-refractivity contribution is 8.78. The van der Waals surface area contributed by atoms with E-state index in [1.165, 1.54) is 0 Å². The molecule has 0 radical (unpaired) electrons. The Hall–Kier alpha value is 1.54. The standard InChI is InChI=1S/C10H24N2O4S6/c11-9(1-5-21(13)14)7-19-17-3-4-18-20-8-10(12)2-6-22(15)16/h9-10H,1-8,11-12H2,(H,13,14)(H,15,16)/t9-,10-/m1/s1. The molecule has 2 unspecified atom stereocenters. The van der Waals surface area contributed by atoms with Crippen LogP contribution in [0.25, 0.3) is 0 Å². The molecule has 0 saturated carbocycles. The lowest BCUT2D eigenvalue weighted by molar-refractivity contribution is 0.556. The maximum absolute atomic E-state index is 10.5. The second-order valence-electron chi connectivity index (χ2n) is 4.36. The van der Waals surface area contributed by atoms with Gasteiger partial charge in [-0.1, -0.05) is 43.2 Å². The lowest BCUT2D eigenvalue weighted by Gasteiger charge is -2.10. The SMILES string of the molecule is N[C@H](CCS(=O)O)CSSCCSSC[C@H](N)CCS(=O)O. The summed E-state index contributed by atoms with van der Waals surface area (Å²) in [5.41, 5.74) is 11.6. The summed E-state index contributed by atoms with van der Waals surface area (Å²) in [6.07, 6.45) is 1.13. The van der Waals surface area contributed by atoms with Crippen molar-refractivity contribution in [3.05, 3.63) is 0 Å². The molecule has 134 valence electrons. The van der Waals surface area contributed by atoms with Gasteiger partial charge in [-0.05, 0) is 12.8 Å². The van der Waals surface area contributed by atoms with Crippen LogP contribution in [0.5, 0.6) is 0 Å². The Bertz CT molecular complexity index is 296. The van der Waals surface area contributed by atoms with E-state index >= 15 is 0 Å². The third kappa shape index (κ3) is 17.9. The third-order valence-electron chi connectivity index (χ3n) is 2.31. The second kappa shape index (κ2) is 16.0. The van der Waals surface area contributed by atoms with Crippen molar-refractivity contribution in [3.63, 3.8) is 0 Å². The van der Waals surface area contributed by atoms with Gasteiger partial charge in [0.2, 0.25) is 0 Å². The topological polar surface area (TPSA) is 127 Å². The Kier molecular flexibility index (Phi) is 17.2. The fraction of sp³-hybridized carbons (Fsp3) is 1.00.